The molecule has 0 saturated carbocycles. The molecule has 1 saturated heterocycles. The van der Waals surface area contributed by atoms with Crippen LogP contribution in [0.4, 0.5) is 22.8 Å². The molecule has 1 aromatic rings. The molecule has 2 rings (SSSR count). The number of hydrogen-bond acceptors (Lipinski definition) is 9. The number of benzene rings is 1. The largest absolute Gasteiger partial charge is 0.459 e. The van der Waals surface area contributed by atoms with Gasteiger partial charge in [-0.15, -0.1) is 0 Å². The fourth-order valence-electron chi connectivity index (χ4n) is 5.14. The third-order valence-corrected chi connectivity index (χ3v) is 10.4. The number of carbonyl (C=O) groups excluding carboxylic acids is 3. The summed E-state index contributed by atoms with van der Waals surface area (Å²) < 4.78 is 76.6. The maximum atomic E-state index is 14.6. The zero-order chi connectivity index (χ0) is 36.1. The molecule has 2 atom stereocenters. The Morgan fingerprint density at radius 3 is 1.81 bits per heavy atom. The first-order valence-corrected chi connectivity index (χ1v) is 17.7. The number of nitrogens with zero attached hydrogens (tertiary/aromatic N) is 2. The van der Waals surface area contributed by atoms with Gasteiger partial charge in [0.1, 0.15) is 16.8 Å². The lowest BCUT2D eigenvalue weighted by Gasteiger charge is -2.46. The summed E-state index contributed by atoms with van der Waals surface area (Å²) in [6.07, 6.45) is -5.70. The number of ether oxygens (including phenoxy) is 3. The molecule has 1 fully saturated rings. The molecular formula is C33H52F3N2O8P. The number of amides is 2. The highest BCUT2D eigenvalue weighted by Gasteiger charge is 2.59. The van der Waals surface area contributed by atoms with Crippen LogP contribution in [0.3, 0.4) is 0 Å². The van der Waals surface area contributed by atoms with Crippen molar-refractivity contribution in [1.82, 2.24) is 9.80 Å². The zero-order valence-corrected chi connectivity index (χ0v) is 30.3. The molecular weight excluding hydrogens is 640 g/mol. The Bertz CT molecular complexity index is 1260. The molecule has 1 aliphatic rings. The Labute approximate surface area is 277 Å². The van der Waals surface area contributed by atoms with Crippen molar-refractivity contribution in [3.05, 3.63) is 35.4 Å². The van der Waals surface area contributed by atoms with E-state index in [0.717, 1.165) is 17.0 Å². The number of imide groups is 1. The average Bonchev–Trinajstić information content (AvgIpc) is 2.87. The maximum absolute atomic E-state index is 14.6. The van der Waals surface area contributed by atoms with Gasteiger partial charge in [-0.25, -0.2) is 14.5 Å². The maximum Gasteiger partial charge on any atom is 0.419 e. The van der Waals surface area contributed by atoms with E-state index in [9.17, 15) is 32.1 Å². The van der Waals surface area contributed by atoms with Gasteiger partial charge in [-0.05, 0) is 106 Å². The van der Waals surface area contributed by atoms with E-state index in [1.807, 2.05) is 4.90 Å². The third-order valence-electron chi connectivity index (χ3n) is 7.10. The van der Waals surface area contributed by atoms with Crippen LogP contribution in [-0.4, -0.2) is 82.3 Å². The summed E-state index contributed by atoms with van der Waals surface area (Å²) in [6.45, 7) is 17.3. The van der Waals surface area contributed by atoms with Gasteiger partial charge in [-0.3, -0.25) is 14.3 Å². The second-order valence-electron chi connectivity index (χ2n) is 14.8. The molecule has 2 unspecified atom stereocenters. The molecule has 268 valence electrons. The van der Waals surface area contributed by atoms with E-state index in [2.05, 4.69) is 0 Å². The van der Waals surface area contributed by atoms with E-state index in [0.29, 0.717) is 5.56 Å². The van der Waals surface area contributed by atoms with E-state index in [1.54, 1.807) is 69.2 Å². The van der Waals surface area contributed by atoms with Crippen LogP contribution in [-0.2, 0) is 40.8 Å². The lowest BCUT2D eigenvalue weighted by molar-refractivity contribution is -0.160. The zero-order valence-electron chi connectivity index (χ0n) is 29.4. The summed E-state index contributed by atoms with van der Waals surface area (Å²) >= 11 is 0. The van der Waals surface area contributed by atoms with Gasteiger partial charge in [0.15, 0.2) is 5.16 Å². The van der Waals surface area contributed by atoms with Gasteiger partial charge in [0.25, 0.3) is 0 Å². The van der Waals surface area contributed by atoms with Crippen molar-refractivity contribution in [3.8, 4) is 0 Å². The molecule has 10 nitrogen and oxygen atoms in total. The topological polar surface area (TPSA) is 112 Å². The molecule has 0 radical (unpaired) electrons. The third kappa shape index (κ3) is 12.1. The molecule has 0 N–H and O–H groups in total. The summed E-state index contributed by atoms with van der Waals surface area (Å²) in [5.41, 5.74) is -2.84. The minimum Gasteiger partial charge on any atom is -0.459 e. The van der Waals surface area contributed by atoms with Crippen molar-refractivity contribution in [2.24, 2.45) is 0 Å². The molecule has 0 aromatic heterocycles. The van der Waals surface area contributed by atoms with Crippen molar-refractivity contribution < 1.29 is 50.9 Å². The molecule has 0 aliphatic carbocycles. The number of unbranched alkanes of at least 4 members (excludes halogenated alkanes) is 1. The number of halogens is 3. The van der Waals surface area contributed by atoms with Crippen molar-refractivity contribution in [3.63, 3.8) is 0 Å². The summed E-state index contributed by atoms with van der Waals surface area (Å²) in [7, 11) is -3.69. The quantitative estimate of drug-likeness (QED) is 0.104. The molecule has 2 amide bonds. The molecule has 0 spiro atoms. The van der Waals surface area contributed by atoms with Crippen LogP contribution in [0, 0.1) is 0 Å². The summed E-state index contributed by atoms with van der Waals surface area (Å²) in [5.74, 6) is -0.699. The summed E-state index contributed by atoms with van der Waals surface area (Å²) in [4.78, 5) is 42.8. The molecule has 1 aliphatic heterocycles. The van der Waals surface area contributed by atoms with Crippen LogP contribution in [0.1, 0.15) is 99.6 Å². The van der Waals surface area contributed by atoms with Crippen molar-refractivity contribution in [1.29, 1.82) is 0 Å². The summed E-state index contributed by atoms with van der Waals surface area (Å²) in [5, 5.41) is -1.61. The van der Waals surface area contributed by atoms with Crippen LogP contribution in [0.5, 0.6) is 0 Å². The van der Waals surface area contributed by atoms with Crippen LogP contribution >= 0.6 is 7.37 Å². The smallest absolute Gasteiger partial charge is 0.419 e. The van der Waals surface area contributed by atoms with Crippen molar-refractivity contribution in [2.45, 2.75) is 123 Å². The van der Waals surface area contributed by atoms with Crippen LogP contribution in [0.2, 0.25) is 0 Å². The first-order chi connectivity index (χ1) is 21.3. The molecule has 14 heteroatoms. The monoisotopic (exact) mass is 692 g/mol. The second kappa shape index (κ2) is 15.3. The Balaban J connectivity index is 2.40. The minimum absolute atomic E-state index is 0.0257. The molecule has 0 bridgehead atoms. The van der Waals surface area contributed by atoms with E-state index in [-0.39, 0.29) is 58.2 Å². The highest BCUT2D eigenvalue weighted by Crippen LogP contribution is 2.64. The Morgan fingerprint density at radius 1 is 0.851 bits per heavy atom. The number of esters is 1. The Morgan fingerprint density at radius 2 is 1.36 bits per heavy atom. The van der Waals surface area contributed by atoms with Crippen molar-refractivity contribution >= 4 is 25.5 Å². The van der Waals surface area contributed by atoms with E-state index in [1.165, 1.54) is 12.1 Å². The predicted molar refractivity (Wildman–Crippen MR) is 172 cm³/mol. The van der Waals surface area contributed by atoms with Crippen LogP contribution in [0.25, 0.3) is 0 Å². The Kier molecular flexibility index (Phi) is 13.2. The highest BCUT2D eigenvalue weighted by atomic mass is 31.2. The lowest BCUT2D eigenvalue weighted by Crippen LogP contribution is -2.56. The SMILES string of the molecule is CCOP1(=O)CCN(Cc2ccc(C(F)(F)F)cc2)CC1(CCCCN(C(=O)OC(C)(C)C)C(=O)OC(C)(C)C)C(=O)OC(C)(C)C. The number of hydrogen-bond donors (Lipinski definition) is 0. The second-order valence-corrected chi connectivity index (χ2v) is 17.7. The fourth-order valence-corrected chi connectivity index (χ4v) is 8.15. The molecule has 47 heavy (non-hydrogen) atoms. The van der Waals surface area contributed by atoms with Gasteiger partial charge < -0.3 is 18.7 Å². The van der Waals surface area contributed by atoms with E-state index in [4.69, 9.17) is 18.7 Å². The normalized spacial score (nSPS) is 21.2. The first kappa shape index (κ1) is 40.5. The van der Waals surface area contributed by atoms with Gasteiger partial charge >= 0.3 is 24.3 Å². The van der Waals surface area contributed by atoms with E-state index < -0.39 is 59.2 Å². The summed E-state index contributed by atoms with van der Waals surface area (Å²) in [6, 6.07) is 4.78. The van der Waals surface area contributed by atoms with Gasteiger partial charge in [0.05, 0.1) is 12.2 Å². The van der Waals surface area contributed by atoms with Gasteiger partial charge in [-0.1, -0.05) is 12.1 Å². The highest BCUT2D eigenvalue weighted by molar-refractivity contribution is 7.62. The van der Waals surface area contributed by atoms with E-state index >= 15 is 0 Å². The minimum atomic E-state index is -4.47. The van der Waals surface area contributed by atoms with Gasteiger partial charge in [0.2, 0.25) is 7.37 Å². The predicted octanol–water partition coefficient (Wildman–Crippen LogP) is 8.26. The number of alkyl halides is 3. The Hall–Kier alpha value is -2.63. The van der Waals surface area contributed by atoms with Crippen LogP contribution in [0.15, 0.2) is 24.3 Å². The average molecular weight is 693 g/mol. The van der Waals surface area contributed by atoms with Gasteiger partial charge in [-0.2, -0.15) is 13.2 Å². The first-order valence-electron chi connectivity index (χ1n) is 15.9. The van der Waals surface area contributed by atoms with Gasteiger partial charge in [0, 0.05) is 32.3 Å². The number of carbonyl (C=O) groups is 3. The lowest BCUT2D eigenvalue weighted by atomic mass is 9.98. The fraction of sp³-hybridized carbons (Fsp3) is 0.727. The molecule has 1 aromatic carbocycles. The van der Waals surface area contributed by atoms with Crippen LogP contribution < -0.4 is 0 Å². The standard InChI is InChI=1S/C33H52F3N2O8P/c1-11-43-47(42)21-20-37(22-24-14-16-25(17-15-24)33(34,35)36)23-32(47,26(39)44-29(2,3)4)18-12-13-19-38(27(40)45-30(5,6)7)28(41)46-31(8,9)10/h14-17H,11-13,18-23H2,1-10H3. The number of rotatable bonds is 10. The van der Waals surface area contributed by atoms with Crippen molar-refractivity contribution in [2.75, 3.05) is 32.4 Å². The molecule has 1 heterocycles.